The predicted molar refractivity (Wildman–Crippen MR) is 75.1 cm³/mol. The SMILES string of the molecule is CN(C)CCCOc1nc2ccccc2cc1C#N. The number of nitriles is 1. The Hall–Kier alpha value is -2.12. The summed E-state index contributed by atoms with van der Waals surface area (Å²) in [4.78, 5) is 6.50. The van der Waals surface area contributed by atoms with Crippen LogP contribution >= 0.6 is 0 Å². The minimum atomic E-state index is 0.431. The molecule has 0 fully saturated rings. The maximum absolute atomic E-state index is 9.14. The third-order valence-corrected chi connectivity index (χ3v) is 2.80. The molecule has 0 amide bonds. The summed E-state index contributed by atoms with van der Waals surface area (Å²) in [6.45, 7) is 1.52. The number of fused-ring (bicyclic) bond motifs is 1. The summed E-state index contributed by atoms with van der Waals surface area (Å²) in [7, 11) is 4.05. The fraction of sp³-hybridized carbons (Fsp3) is 0.333. The van der Waals surface area contributed by atoms with Gasteiger partial charge in [0.2, 0.25) is 5.88 Å². The first-order chi connectivity index (χ1) is 9.20. The van der Waals surface area contributed by atoms with Crippen LogP contribution in [0.15, 0.2) is 30.3 Å². The number of ether oxygens (including phenoxy) is 1. The summed E-state index contributed by atoms with van der Waals surface area (Å²) < 4.78 is 5.63. The monoisotopic (exact) mass is 255 g/mol. The third-order valence-electron chi connectivity index (χ3n) is 2.80. The molecule has 0 aliphatic rings. The Bertz CT molecular complexity index is 602. The summed E-state index contributed by atoms with van der Waals surface area (Å²) in [5.41, 5.74) is 1.34. The summed E-state index contributed by atoms with van der Waals surface area (Å²) in [5, 5.41) is 10.1. The largest absolute Gasteiger partial charge is 0.477 e. The van der Waals surface area contributed by atoms with Gasteiger partial charge in [0.1, 0.15) is 11.6 Å². The maximum Gasteiger partial charge on any atom is 0.232 e. The molecule has 1 heterocycles. The lowest BCUT2D eigenvalue weighted by Crippen LogP contribution is -2.16. The van der Waals surface area contributed by atoms with Crippen LogP contribution in [0.2, 0.25) is 0 Å². The molecule has 0 N–H and O–H groups in total. The van der Waals surface area contributed by atoms with Crippen LogP contribution in [0.4, 0.5) is 0 Å². The predicted octanol–water partition coefficient (Wildman–Crippen LogP) is 2.44. The number of nitrogens with zero attached hydrogens (tertiary/aromatic N) is 3. The van der Waals surface area contributed by atoms with Crippen LogP contribution in [0.3, 0.4) is 0 Å². The van der Waals surface area contributed by atoms with Crippen molar-refractivity contribution in [3.63, 3.8) is 0 Å². The number of hydrogen-bond donors (Lipinski definition) is 0. The van der Waals surface area contributed by atoms with Crippen molar-refractivity contribution in [2.75, 3.05) is 27.2 Å². The van der Waals surface area contributed by atoms with Crippen molar-refractivity contribution in [3.8, 4) is 11.9 Å². The molecule has 0 radical (unpaired) electrons. The van der Waals surface area contributed by atoms with E-state index in [9.17, 15) is 0 Å². The van der Waals surface area contributed by atoms with Crippen LogP contribution in [0.5, 0.6) is 5.88 Å². The number of para-hydroxylation sites is 1. The summed E-state index contributed by atoms with van der Waals surface area (Å²) >= 11 is 0. The van der Waals surface area contributed by atoms with Crippen molar-refractivity contribution >= 4 is 10.9 Å². The molecular weight excluding hydrogens is 238 g/mol. The first-order valence-electron chi connectivity index (χ1n) is 6.28. The molecule has 98 valence electrons. The normalized spacial score (nSPS) is 10.6. The second kappa shape index (κ2) is 6.17. The molecule has 0 unspecified atom stereocenters. The molecule has 1 aromatic carbocycles. The molecule has 2 rings (SSSR count). The van der Waals surface area contributed by atoms with E-state index in [2.05, 4.69) is 16.0 Å². The smallest absolute Gasteiger partial charge is 0.232 e. The number of aromatic nitrogens is 1. The fourth-order valence-electron chi connectivity index (χ4n) is 1.84. The van der Waals surface area contributed by atoms with Crippen molar-refractivity contribution < 1.29 is 4.74 Å². The molecule has 0 saturated heterocycles. The molecule has 0 bridgehead atoms. The van der Waals surface area contributed by atoms with E-state index in [1.165, 1.54) is 0 Å². The van der Waals surface area contributed by atoms with E-state index in [1.54, 1.807) is 0 Å². The van der Waals surface area contributed by atoms with Crippen LogP contribution in [0.1, 0.15) is 12.0 Å². The Morgan fingerprint density at radius 2 is 2.11 bits per heavy atom. The molecule has 19 heavy (non-hydrogen) atoms. The maximum atomic E-state index is 9.14. The lowest BCUT2D eigenvalue weighted by Gasteiger charge is -2.11. The van der Waals surface area contributed by atoms with E-state index in [0.29, 0.717) is 18.1 Å². The molecule has 4 heteroatoms. The van der Waals surface area contributed by atoms with E-state index in [4.69, 9.17) is 10.00 Å². The van der Waals surface area contributed by atoms with Crippen molar-refractivity contribution in [1.82, 2.24) is 9.88 Å². The van der Waals surface area contributed by atoms with Gasteiger partial charge >= 0.3 is 0 Å². The van der Waals surface area contributed by atoms with Crippen LogP contribution in [-0.2, 0) is 0 Å². The van der Waals surface area contributed by atoms with Crippen LogP contribution in [0.25, 0.3) is 10.9 Å². The average Bonchev–Trinajstić information content (AvgIpc) is 2.42. The first-order valence-corrected chi connectivity index (χ1v) is 6.28. The van der Waals surface area contributed by atoms with Gasteiger partial charge in [-0.05, 0) is 32.6 Å². The van der Waals surface area contributed by atoms with Gasteiger partial charge in [-0.25, -0.2) is 4.98 Å². The van der Waals surface area contributed by atoms with Crippen molar-refractivity contribution in [2.24, 2.45) is 0 Å². The van der Waals surface area contributed by atoms with Crippen molar-refractivity contribution in [3.05, 3.63) is 35.9 Å². The van der Waals surface area contributed by atoms with Crippen molar-refractivity contribution in [1.29, 1.82) is 5.26 Å². The Labute approximate surface area is 113 Å². The van der Waals surface area contributed by atoms with E-state index in [-0.39, 0.29) is 0 Å². The zero-order valence-electron chi connectivity index (χ0n) is 11.3. The number of rotatable bonds is 5. The average molecular weight is 255 g/mol. The number of pyridine rings is 1. The van der Waals surface area contributed by atoms with Gasteiger partial charge in [-0.2, -0.15) is 5.26 Å². The molecule has 0 atom stereocenters. The summed E-state index contributed by atoms with van der Waals surface area (Å²) in [6.07, 6.45) is 0.909. The Morgan fingerprint density at radius 3 is 2.84 bits per heavy atom. The highest BCUT2D eigenvalue weighted by molar-refractivity contribution is 5.80. The zero-order valence-corrected chi connectivity index (χ0v) is 11.3. The Balaban J connectivity index is 2.15. The molecule has 0 saturated carbocycles. The number of benzene rings is 1. The van der Waals surface area contributed by atoms with Gasteiger partial charge < -0.3 is 9.64 Å². The van der Waals surface area contributed by atoms with Crippen LogP contribution in [0, 0.1) is 11.3 Å². The lowest BCUT2D eigenvalue weighted by atomic mass is 10.1. The highest BCUT2D eigenvalue weighted by atomic mass is 16.5. The highest BCUT2D eigenvalue weighted by Gasteiger charge is 2.07. The second-order valence-corrected chi connectivity index (χ2v) is 4.65. The third kappa shape index (κ3) is 3.43. The second-order valence-electron chi connectivity index (χ2n) is 4.65. The van der Waals surface area contributed by atoms with Gasteiger partial charge in [-0.3, -0.25) is 0 Å². The lowest BCUT2D eigenvalue weighted by molar-refractivity contribution is 0.273. The minimum absolute atomic E-state index is 0.431. The van der Waals surface area contributed by atoms with Gasteiger partial charge in [0.05, 0.1) is 12.1 Å². The summed E-state index contributed by atoms with van der Waals surface area (Å²) in [6, 6.07) is 11.7. The molecular formula is C15H17N3O. The van der Waals surface area contributed by atoms with Gasteiger partial charge in [0.15, 0.2) is 0 Å². The van der Waals surface area contributed by atoms with E-state index < -0.39 is 0 Å². The Morgan fingerprint density at radius 1 is 1.32 bits per heavy atom. The first kappa shape index (κ1) is 13.3. The van der Waals surface area contributed by atoms with Crippen LogP contribution < -0.4 is 4.74 Å². The number of hydrogen-bond acceptors (Lipinski definition) is 4. The summed E-state index contributed by atoms with van der Waals surface area (Å²) in [5.74, 6) is 0.431. The van der Waals surface area contributed by atoms with E-state index in [1.807, 2.05) is 44.4 Å². The Kier molecular flexibility index (Phi) is 4.32. The standard InChI is InChI=1S/C15H17N3O/c1-18(2)8-5-9-19-15-13(11-16)10-12-6-3-4-7-14(12)17-15/h3-4,6-7,10H,5,8-9H2,1-2H3. The molecule has 2 aromatic rings. The highest BCUT2D eigenvalue weighted by Crippen LogP contribution is 2.21. The fourth-order valence-corrected chi connectivity index (χ4v) is 1.84. The zero-order chi connectivity index (χ0) is 13.7. The topological polar surface area (TPSA) is 49.1 Å². The van der Waals surface area contributed by atoms with Crippen molar-refractivity contribution in [2.45, 2.75) is 6.42 Å². The van der Waals surface area contributed by atoms with E-state index in [0.717, 1.165) is 23.9 Å². The van der Waals surface area contributed by atoms with Gasteiger partial charge in [-0.15, -0.1) is 0 Å². The molecule has 1 aromatic heterocycles. The van der Waals surface area contributed by atoms with E-state index >= 15 is 0 Å². The van der Waals surface area contributed by atoms with Gasteiger partial charge in [0, 0.05) is 11.9 Å². The molecule has 0 aliphatic heterocycles. The van der Waals surface area contributed by atoms with Gasteiger partial charge in [-0.1, -0.05) is 18.2 Å². The van der Waals surface area contributed by atoms with Crippen LogP contribution in [-0.4, -0.2) is 37.1 Å². The van der Waals surface area contributed by atoms with Gasteiger partial charge in [0.25, 0.3) is 0 Å². The molecule has 0 spiro atoms. The quantitative estimate of drug-likeness (QED) is 0.770. The molecule has 4 nitrogen and oxygen atoms in total. The minimum Gasteiger partial charge on any atom is -0.477 e. The molecule has 0 aliphatic carbocycles.